The van der Waals surface area contributed by atoms with Gasteiger partial charge in [-0.2, -0.15) is 27.1 Å². The van der Waals surface area contributed by atoms with Crippen LogP contribution in [-0.4, -0.2) is 37.4 Å². The van der Waals surface area contributed by atoms with E-state index in [-0.39, 0.29) is 34.5 Å². The van der Waals surface area contributed by atoms with Gasteiger partial charge in [0.2, 0.25) is 0 Å². The van der Waals surface area contributed by atoms with E-state index < -0.39 is 47.0 Å². The number of hydrogen-bond acceptors (Lipinski definition) is 7. The molecule has 0 radical (unpaired) electrons. The predicted molar refractivity (Wildman–Crippen MR) is 133 cm³/mol. The summed E-state index contributed by atoms with van der Waals surface area (Å²) in [7, 11) is 0. The summed E-state index contributed by atoms with van der Waals surface area (Å²) >= 11 is 0. The number of ether oxygens (including phenoxy) is 1. The van der Waals surface area contributed by atoms with Crippen molar-refractivity contribution in [1.29, 1.82) is 0 Å². The van der Waals surface area contributed by atoms with Crippen molar-refractivity contribution in [3.05, 3.63) is 75.1 Å². The predicted octanol–water partition coefficient (Wildman–Crippen LogP) is 4.97. The van der Waals surface area contributed by atoms with E-state index in [1.807, 2.05) is 0 Å². The van der Waals surface area contributed by atoms with Crippen LogP contribution in [0.25, 0.3) is 22.2 Å². The van der Waals surface area contributed by atoms with Crippen LogP contribution in [0.2, 0.25) is 0 Å². The molecule has 4 aromatic rings. The third-order valence-corrected chi connectivity index (χ3v) is 6.09. The van der Waals surface area contributed by atoms with E-state index in [1.165, 1.54) is 29.1 Å². The van der Waals surface area contributed by atoms with Gasteiger partial charge in [-0.3, -0.25) is 19.1 Å². The van der Waals surface area contributed by atoms with Crippen molar-refractivity contribution in [2.45, 2.75) is 51.6 Å². The van der Waals surface area contributed by atoms with Gasteiger partial charge in [0, 0.05) is 18.2 Å². The highest BCUT2D eigenvalue weighted by Gasteiger charge is 2.37. The Morgan fingerprint density at radius 2 is 1.90 bits per heavy atom. The number of halogens is 6. The fraction of sp³-hybridized carbons (Fsp3) is 0.320. The number of benzene rings is 1. The lowest BCUT2D eigenvalue weighted by Crippen LogP contribution is -2.28. The number of anilines is 1. The molecule has 0 aliphatic heterocycles. The molecule has 40 heavy (non-hydrogen) atoms. The smallest absolute Gasteiger partial charge is 0.423 e. The second-order valence-corrected chi connectivity index (χ2v) is 8.73. The summed E-state index contributed by atoms with van der Waals surface area (Å²) < 4.78 is 85.0. The number of aromatic amines is 1. The number of rotatable bonds is 10. The Bertz CT molecular complexity index is 1600. The summed E-state index contributed by atoms with van der Waals surface area (Å²) in [6.07, 6.45) is -0.565. The van der Waals surface area contributed by atoms with E-state index in [4.69, 9.17) is 0 Å². The summed E-state index contributed by atoms with van der Waals surface area (Å²) in [6, 6.07) is 4.37. The molecule has 0 bridgehead atoms. The molecule has 212 valence electrons. The van der Waals surface area contributed by atoms with Crippen molar-refractivity contribution in [1.82, 2.24) is 24.7 Å². The molecule has 0 aliphatic rings. The molecule has 1 atom stereocenters. The number of H-pyrrole nitrogens is 1. The lowest BCUT2D eigenvalue weighted by molar-refractivity contribution is -0.138. The number of nitrogens with one attached hydrogen (secondary N) is 2. The standard InChI is InChI=1S/C25H22F6N6O3/c1-2-13(35-20-11-34-36-22(38)21(20)25(29,30)31)4-3-7-37-12-33-19-9-15(17(26)8-16(19)23(37)39)18-6-5-14(10-32-18)40-24(27)28/h5-6,8-13,24H,2-4,7H2,1H3,(H2,35,36,38). The van der Waals surface area contributed by atoms with Gasteiger partial charge in [0.25, 0.3) is 11.1 Å². The molecule has 0 saturated carbocycles. The molecule has 2 N–H and O–H groups in total. The molecular weight excluding hydrogens is 546 g/mol. The van der Waals surface area contributed by atoms with Gasteiger partial charge in [0.05, 0.1) is 41.0 Å². The Kier molecular flexibility index (Phi) is 8.40. The van der Waals surface area contributed by atoms with Gasteiger partial charge in [0.15, 0.2) is 0 Å². The lowest BCUT2D eigenvalue weighted by Gasteiger charge is -2.20. The highest BCUT2D eigenvalue weighted by atomic mass is 19.4. The van der Waals surface area contributed by atoms with Crippen LogP contribution >= 0.6 is 0 Å². The van der Waals surface area contributed by atoms with E-state index in [9.17, 15) is 35.9 Å². The van der Waals surface area contributed by atoms with Gasteiger partial charge in [-0.1, -0.05) is 6.92 Å². The fourth-order valence-corrected chi connectivity index (χ4v) is 4.14. The van der Waals surface area contributed by atoms with Crippen LogP contribution in [0, 0.1) is 5.82 Å². The zero-order valence-electron chi connectivity index (χ0n) is 20.8. The van der Waals surface area contributed by atoms with Crippen LogP contribution in [0.4, 0.5) is 32.0 Å². The number of hydrogen-bond donors (Lipinski definition) is 2. The SMILES string of the molecule is CCC(CCCn1cnc2cc(-c3ccc(OC(F)F)cn3)c(F)cc2c1=O)Nc1cn[nH]c(=O)c1C(F)(F)F. The molecule has 1 unspecified atom stereocenters. The molecule has 0 amide bonds. The van der Waals surface area contributed by atoms with Crippen LogP contribution < -0.4 is 21.2 Å². The fourth-order valence-electron chi connectivity index (χ4n) is 4.14. The van der Waals surface area contributed by atoms with Gasteiger partial charge >= 0.3 is 12.8 Å². The molecule has 0 spiro atoms. The van der Waals surface area contributed by atoms with E-state index in [0.29, 0.717) is 19.3 Å². The maximum Gasteiger partial charge on any atom is 0.423 e. The maximum atomic E-state index is 14.9. The topological polar surface area (TPSA) is 115 Å². The molecular formula is C25H22F6N6O3. The first-order valence-corrected chi connectivity index (χ1v) is 12.0. The van der Waals surface area contributed by atoms with Crippen LogP contribution in [0.15, 0.2) is 52.6 Å². The summed E-state index contributed by atoms with van der Waals surface area (Å²) in [5, 5.41) is 7.92. The van der Waals surface area contributed by atoms with E-state index in [2.05, 4.69) is 25.1 Å². The normalized spacial score (nSPS) is 12.6. The second kappa shape index (κ2) is 11.8. The Hall–Kier alpha value is -4.43. The van der Waals surface area contributed by atoms with E-state index in [1.54, 1.807) is 12.0 Å². The summed E-state index contributed by atoms with van der Waals surface area (Å²) in [4.78, 5) is 32.8. The zero-order chi connectivity index (χ0) is 29.0. The van der Waals surface area contributed by atoms with Crippen LogP contribution in [-0.2, 0) is 12.7 Å². The Morgan fingerprint density at radius 3 is 2.55 bits per heavy atom. The minimum absolute atomic E-state index is 0.00373. The van der Waals surface area contributed by atoms with E-state index in [0.717, 1.165) is 18.5 Å². The minimum atomic E-state index is -4.88. The number of alkyl halides is 5. The number of aryl methyl sites for hydroxylation is 1. The molecule has 9 nitrogen and oxygen atoms in total. The summed E-state index contributed by atoms with van der Waals surface area (Å²) in [6.45, 7) is -1.13. The number of pyridine rings is 1. The molecule has 15 heteroatoms. The first-order chi connectivity index (χ1) is 19.0. The average molecular weight is 568 g/mol. The molecule has 3 heterocycles. The van der Waals surface area contributed by atoms with Crippen LogP contribution in [0.1, 0.15) is 31.7 Å². The largest absolute Gasteiger partial charge is 0.433 e. The third kappa shape index (κ3) is 6.40. The van der Waals surface area contributed by atoms with Crippen LogP contribution in [0.5, 0.6) is 5.75 Å². The lowest BCUT2D eigenvalue weighted by atomic mass is 10.1. The zero-order valence-corrected chi connectivity index (χ0v) is 20.8. The highest BCUT2D eigenvalue weighted by molar-refractivity contribution is 5.83. The average Bonchev–Trinajstić information content (AvgIpc) is 2.89. The van der Waals surface area contributed by atoms with Crippen molar-refractivity contribution < 1.29 is 31.1 Å². The first-order valence-electron chi connectivity index (χ1n) is 12.0. The van der Waals surface area contributed by atoms with Crippen molar-refractivity contribution in [2.24, 2.45) is 0 Å². The highest BCUT2D eigenvalue weighted by Crippen LogP contribution is 2.32. The van der Waals surface area contributed by atoms with Crippen LogP contribution in [0.3, 0.4) is 0 Å². The minimum Gasteiger partial charge on any atom is -0.433 e. The summed E-state index contributed by atoms with van der Waals surface area (Å²) in [5.74, 6) is -0.974. The number of fused-ring (bicyclic) bond motifs is 1. The van der Waals surface area contributed by atoms with Crippen molar-refractivity contribution in [3.63, 3.8) is 0 Å². The number of aromatic nitrogens is 5. The van der Waals surface area contributed by atoms with Crippen molar-refractivity contribution in [2.75, 3.05) is 5.32 Å². The Labute approximate surface area is 221 Å². The van der Waals surface area contributed by atoms with Gasteiger partial charge < -0.3 is 10.1 Å². The van der Waals surface area contributed by atoms with Crippen molar-refractivity contribution in [3.8, 4) is 17.0 Å². The molecule has 4 rings (SSSR count). The quantitative estimate of drug-likeness (QED) is 0.260. The molecule has 0 aliphatic carbocycles. The van der Waals surface area contributed by atoms with Gasteiger partial charge in [-0.15, -0.1) is 0 Å². The van der Waals surface area contributed by atoms with Gasteiger partial charge in [-0.05, 0) is 43.5 Å². The first kappa shape index (κ1) is 28.6. The van der Waals surface area contributed by atoms with Crippen molar-refractivity contribution >= 4 is 16.6 Å². The molecule has 0 fully saturated rings. The summed E-state index contributed by atoms with van der Waals surface area (Å²) in [5.41, 5.74) is -3.38. The Morgan fingerprint density at radius 1 is 1.12 bits per heavy atom. The molecule has 1 aromatic carbocycles. The maximum absolute atomic E-state index is 14.9. The number of nitrogens with zero attached hydrogens (tertiary/aromatic N) is 4. The molecule has 3 aromatic heterocycles. The van der Waals surface area contributed by atoms with Gasteiger partial charge in [-0.25, -0.2) is 14.5 Å². The third-order valence-electron chi connectivity index (χ3n) is 6.09. The second-order valence-electron chi connectivity index (χ2n) is 8.73. The monoisotopic (exact) mass is 568 g/mol. The Balaban J connectivity index is 1.48. The van der Waals surface area contributed by atoms with E-state index >= 15 is 0 Å². The molecule has 0 saturated heterocycles. The van der Waals surface area contributed by atoms with Gasteiger partial charge in [0.1, 0.15) is 17.1 Å².